The molecule has 0 aliphatic carbocycles. The summed E-state index contributed by atoms with van der Waals surface area (Å²) < 4.78 is 27.2. The Kier molecular flexibility index (Phi) is 13.9. The summed E-state index contributed by atoms with van der Waals surface area (Å²) in [6.07, 6.45) is 5.38. The Morgan fingerprint density at radius 1 is 0.962 bits per heavy atom. The number of urea groups is 1. The third-order valence-corrected chi connectivity index (χ3v) is 10.7. The van der Waals surface area contributed by atoms with E-state index in [4.69, 9.17) is 9.47 Å². The summed E-state index contributed by atoms with van der Waals surface area (Å²) in [4.78, 5) is 46.8. The lowest BCUT2D eigenvalue weighted by molar-refractivity contribution is -0.151. The van der Waals surface area contributed by atoms with Crippen LogP contribution in [0, 0.1) is 17.7 Å². The van der Waals surface area contributed by atoms with Gasteiger partial charge in [-0.2, -0.15) is 0 Å². The van der Waals surface area contributed by atoms with Crippen LogP contribution in [0.4, 0.5) is 25.4 Å². The van der Waals surface area contributed by atoms with Crippen LogP contribution in [0.2, 0.25) is 0 Å². The number of esters is 1. The number of hydrogen-bond donors (Lipinski definition) is 2. The van der Waals surface area contributed by atoms with Gasteiger partial charge in [-0.1, -0.05) is 44.2 Å². The van der Waals surface area contributed by atoms with Crippen molar-refractivity contribution in [2.24, 2.45) is 11.8 Å². The molecule has 3 amide bonds. The molecule has 11 nitrogen and oxygen atoms in total. The van der Waals surface area contributed by atoms with Crippen molar-refractivity contribution in [1.29, 1.82) is 0 Å². The highest BCUT2D eigenvalue weighted by Crippen LogP contribution is 2.29. The minimum atomic E-state index is -0.894. The van der Waals surface area contributed by atoms with Gasteiger partial charge in [0.2, 0.25) is 0 Å². The lowest BCUT2D eigenvalue weighted by Crippen LogP contribution is -2.48. The molecule has 2 fully saturated rings. The molecule has 2 saturated heterocycles. The zero-order valence-electron chi connectivity index (χ0n) is 31.7. The number of ether oxygens (including phenoxy) is 2. The number of benzene rings is 2. The van der Waals surface area contributed by atoms with E-state index in [1.807, 2.05) is 89.5 Å². The number of nitrogens with zero attached hydrogens (tertiary/aromatic N) is 4. The summed E-state index contributed by atoms with van der Waals surface area (Å²) in [5.74, 6) is -1.30. The third kappa shape index (κ3) is 11.3. The maximum Gasteiger partial charge on any atom is 0.410 e. The Balaban J connectivity index is 1.28. The first kappa shape index (κ1) is 39.8. The molecule has 2 N–H and O–H groups in total. The van der Waals surface area contributed by atoms with Gasteiger partial charge in [0.15, 0.2) is 0 Å². The Bertz CT molecular complexity index is 1600. The Labute approximate surface area is 313 Å². The number of carbonyl (C=O) groups is 3. The molecule has 288 valence electrons. The van der Waals surface area contributed by atoms with Crippen LogP contribution in [0.1, 0.15) is 58.4 Å². The number of cyclic esters (lactones) is 1. The van der Waals surface area contributed by atoms with Crippen LogP contribution in [0.5, 0.6) is 0 Å². The maximum atomic E-state index is 15.2. The Morgan fingerprint density at radius 2 is 1.66 bits per heavy atom. The standard InChI is InChI=1S/C41H56FN5O6/c1-28-11-13-36(48)27-38(49)53-39(29(2)12-14-37(28)52-41(51)47-21-19-44(4)20-22-47)30(3)23-31-24-32(42)26-35(25-31)45(5)34-15-17-46(18-16-34)40(50)43-33-9-7-6-8-10-33/h6-10,12,14,23-26,28-29,34,36-37,39,48H,11,13,15-22,27H2,1-5H3,(H,43,50)/b14-12+,30-23+/t28-,29-,36+,37-,39-/m0/s1. The highest BCUT2D eigenvalue weighted by atomic mass is 19.1. The first-order chi connectivity index (χ1) is 25.4. The van der Waals surface area contributed by atoms with Crippen molar-refractivity contribution >= 4 is 35.5 Å². The lowest BCUT2D eigenvalue weighted by Gasteiger charge is -2.38. The molecule has 5 rings (SSSR count). The number of aliphatic hydroxyl groups is 1. The number of anilines is 2. The summed E-state index contributed by atoms with van der Waals surface area (Å²) in [5, 5.41) is 13.7. The number of piperazine rings is 1. The lowest BCUT2D eigenvalue weighted by atomic mass is 9.91. The number of hydrogen-bond acceptors (Lipinski definition) is 8. The normalized spacial score (nSPS) is 26.1. The Hall–Kier alpha value is -4.42. The molecule has 0 unspecified atom stereocenters. The van der Waals surface area contributed by atoms with Crippen LogP contribution in [0.3, 0.4) is 0 Å². The van der Waals surface area contributed by atoms with Gasteiger partial charge in [-0.15, -0.1) is 0 Å². The van der Waals surface area contributed by atoms with E-state index in [9.17, 15) is 19.5 Å². The van der Waals surface area contributed by atoms with Crippen molar-refractivity contribution in [3.8, 4) is 0 Å². The van der Waals surface area contributed by atoms with E-state index in [1.165, 1.54) is 12.1 Å². The zero-order chi connectivity index (χ0) is 38.1. The van der Waals surface area contributed by atoms with Crippen molar-refractivity contribution in [2.45, 2.75) is 77.2 Å². The zero-order valence-corrected chi connectivity index (χ0v) is 31.7. The summed E-state index contributed by atoms with van der Waals surface area (Å²) in [5.41, 5.74) is 2.79. The number of likely N-dealkylation sites (tertiary alicyclic amines) is 1. The molecule has 0 bridgehead atoms. The van der Waals surface area contributed by atoms with E-state index < -0.39 is 24.3 Å². The van der Waals surface area contributed by atoms with Crippen LogP contribution in [-0.4, -0.2) is 116 Å². The highest BCUT2D eigenvalue weighted by Gasteiger charge is 2.30. The number of nitrogens with one attached hydrogen (secondary N) is 1. The molecule has 12 heteroatoms. The van der Waals surface area contributed by atoms with Gasteiger partial charge in [-0.3, -0.25) is 4.79 Å². The molecule has 3 aliphatic rings. The van der Waals surface area contributed by atoms with E-state index >= 15 is 4.39 Å². The molecule has 0 radical (unpaired) electrons. The minimum absolute atomic E-state index is 0.0866. The van der Waals surface area contributed by atoms with Crippen LogP contribution in [-0.2, 0) is 14.3 Å². The molecule has 3 aliphatic heterocycles. The van der Waals surface area contributed by atoms with Gasteiger partial charge in [-0.25, -0.2) is 14.0 Å². The first-order valence-electron chi connectivity index (χ1n) is 18.9. The summed E-state index contributed by atoms with van der Waals surface area (Å²) >= 11 is 0. The molecular formula is C41H56FN5O6. The van der Waals surface area contributed by atoms with Crippen molar-refractivity contribution < 1.29 is 33.4 Å². The van der Waals surface area contributed by atoms with Gasteiger partial charge in [0, 0.05) is 69.7 Å². The molecular weight excluding hydrogens is 677 g/mol. The van der Waals surface area contributed by atoms with Crippen molar-refractivity contribution in [3.63, 3.8) is 0 Å². The number of aliphatic hydroxyl groups excluding tert-OH is 1. The number of amides is 3. The van der Waals surface area contributed by atoms with Gasteiger partial charge >= 0.3 is 18.1 Å². The molecule has 5 atom stereocenters. The van der Waals surface area contributed by atoms with E-state index in [0.717, 1.165) is 31.6 Å². The summed E-state index contributed by atoms with van der Waals surface area (Å²) in [6, 6.07) is 14.2. The van der Waals surface area contributed by atoms with Crippen LogP contribution in [0.15, 0.2) is 66.3 Å². The highest BCUT2D eigenvalue weighted by molar-refractivity contribution is 5.89. The maximum absolute atomic E-state index is 15.2. The average molecular weight is 734 g/mol. The monoisotopic (exact) mass is 733 g/mol. The van der Waals surface area contributed by atoms with Crippen LogP contribution >= 0.6 is 0 Å². The van der Waals surface area contributed by atoms with E-state index in [2.05, 4.69) is 15.1 Å². The topological polar surface area (TPSA) is 115 Å². The third-order valence-electron chi connectivity index (χ3n) is 10.7. The smallest absolute Gasteiger partial charge is 0.410 e. The first-order valence-corrected chi connectivity index (χ1v) is 18.9. The van der Waals surface area contributed by atoms with Gasteiger partial charge in [0.25, 0.3) is 0 Å². The number of likely N-dealkylation sites (N-methyl/N-ethyl adjacent to an activating group) is 1. The SMILES string of the molecule is C/C(=C\c1cc(F)cc(N(C)C2CCN(C(=O)Nc3ccccc3)CC2)c1)[C@H]1OC(=O)C[C@H](O)CC[C@H](C)[C@@H](OC(=O)N2CCN(C)CC2)/C=C/[C@@H]1C. The fourth-order valence-corrected chi connectivity index (χ4v) is 7.25. The summed E-state index contributed by atoms with van der Waals surface area (Å²) in [7, 11) is 3.97. The second-order valence-electron chi connectivity index (χ2n) is 15.0. The van der Waals surface area contributed by atoms with E-state index in [-0.39, 0.29) is 42.2 Å². The second kappa shape index (κ2) is 18.6. The Morgan fingerprint density at radius 3 is 2.36 bits per heavy atom. The van der Waals surface area contributed by atoms with Gasteiger partial charge < -0.3 is 39.5 Å². The van der Waals surface area contributed by atoms with Crippen molar-refractivity contribution in [1.82, 2.24) is 14.7 Å². The van der Waals surface area contributed by atoms with Crippen LogP contribution in [0.25, 0.3) is 6.08 Å². The van der Waals surface area contributed by atoms with E-state index in [1.54, 1.807) is 9.80 Å². The van der Waals surface area contributed by atoms with Crippen LogP contribution < -0.4 is 10.2 Å². The van der Waals surface area contributed by atoms with E-state index in [0.29, 0.717) is 55.8 Å². The molecule has 2 aromatic carbocycles. The number of para-hydroxylation sites is 1. The number of carbonyl (C=O) groups excluding carboxylic acids is 3. The second-order valence-corrected chi connectivity index (χ2v) is 15.0. The molecule has 53 heavy (non-hydrogen) atoms. The fraction of sp³-hybridized carbons (Fsp3) is 0.537. The van der Waals surface area contributed by atoms with Gasteiger partial charge in [0.1, 0.15) is 18.0 Å². The quantitative estimate of drug-likeness (QED) is 0.259. The van der Waals surface area contributed by atoms with Gasteiger partial charge in [0.05, 0.1) is 12.5 Å². The molecule has 0 spiro atoms. The van der Waals surface area contributed by atoms with Gasteiger partial charge in [-0.05, 0) is 93.1 Å². The number of piperidine rings is 1. The summed E-state index contributed by atoms with van der Waals surface area (Å²) in [6.45, 7) is 9.69. The van der Waals surface area contributed by atoms with Crippen molar-refractivity contribution in [2.75, 3.05) is 63.6 Å². The average Bonchev–Trinajstić information content (AvgIpc) is 3.14. The fourth-order valence-electron chi connectivity index (χ4n) is 7.25. The number of halogens is 1. The minimum Gasteiger partial charge on any atom is -0.457 e. The predicted molar refractivity (Wildman–Crippen MR) is 205 cm³/mol. The van der Waals surface area contributed by atoms with Crippen molar-refractivity contribution in [3.05, 3.63) is 77.6 Å². The predicted octanol–water partition coefficient (Wildman–Crippen LogP) is 6.40. The molecule has 0 aromatic heterocycles. The molecule has 3 heterocycles. The largest absolute Gasteiger partial charge is 0.457 e. The molecule has 0 saturated carbocycles. The molecule has 2 aromatic rings. The number of rotatable bonds is 6.